The van der Waals surface area contributed by atoms with Gasteiger partial charge >= 0.3 is 5.97 Å². The number of hydrogen-bond acceptors (Lipinski definition) is 3. The summed E-state index contributed by atoms with van der Waals surface area (Å²) in [5.74, 6) is -0.138. The van der Waals surface area contributed by atoms with E-state index in [1.807, 2.05) is 6.92 Å². The molecule has 0 saturated heterocycles. The summed E-state index contributed by atoms with van der Waals surface area (Å²) in [6.45, 7) is 5.88. The number of carbonyl (C=O) groups excluding carboxylic acids is 1. The van der Waals surface area contributed by atoms with Crippen LogP contribution in [0.2, 0.25) is 0 Å². The van der Waals surface area contributed by atoms with Crippen LogP contribution in [0.5, 0.6) is 0 Å². The van der Waals surface area contributed by atoms with Crippen molar-refractivity contribution in [1.82, 2.24) is 5.32 Å². The van der Waals surface area contributed by atoms with Crippen molar-refractivity contribution >= 4 is 5.97 Å². The summed E-state index contributed by atoms with van der Waals surface area (Å²) in [7, 11) is 0. The molecule has 1 rings (SSSR count). The number of esters is 1. The van der Waals surface area contributed by atoms with Gasteiger partial charge in [0.2, 0.25) is 0 Å². The van der Waals surface area contributed by atoms with E-state index in [2.05, 4.69) is 36.5 Å². The molecule has 0 unspecified atom stereocenters. The molecule has 0 atom stereocenters. The second-order valence-corrected chi connectivity index (χ2v) is 3.90. The van der Waals surface area contributed by atoms with Crippen LogP contribution in [0.25, 0.3) is 0 Å². The smallest absolute Gasteiger partial charge is 0.307 e. The van der Waals surface area contributed by atoms with Gasteiger partial charge in [-0.25, -0.2) is 0 Å². The molecule has 0 aromatic heterocycles. The van der Waals surface area contributed by atoms with E-state index >= 15 is 0 Å². The van der Waals surface area contributed by atoms with Crippen molar-refractivity contribution in [3.05, 3.63) is 35.4 Å². The van der Waals surface area contributed by atoms with E-state index in [9.17, 15) is 4.79 Å². The number of carbonyl (C=O) groups is 1. The van der Waals surface area contributed by atoms with Crippen molar-refractivity contribution in [3.8, 4) is 0 Å². The maximum Gasteiger partial charge on any atom is 0.307 e. The first-order valence-electron chi connectivity index (χ1n) is 6.20. The molecule has 17 heavy (non-hydrogen) atoms. The molecule has 0 aliphatic carbocycles. The van der Waals surface area contributed by atoms with Crippen LogP contribution in [0.3, 0.4) is 0 Å². The van der Waals surface area contributed by atoms with E-state index in [1.165, 1.54) is 11.1 Å². The van der Waals surface area contributed by atoms with Gasteiger partial charge in [0, 0.05) is 13.1 Å². The van der Waals surface area contributed by atoms with Crippen molar-refractivity contribution in [2.75, 3.05) is 13.2 Å². The molecule has 0 saturated carbocycles. The van der Waals surface area contributed by atoms with Crippen LogP contribution in [0.15, 0.2) is 24.3 Å². The predicted molar refractivity (Wildman–Crippen MR) is 68.8 cm³/mol. The van der Waals surface area contributed by atoms with Gasteiger partial charge in [-0.1, -0.05) is 31.2 Å². The van der Waals surface area contributed by atoms with Gasteiger partial charge in [0.1, 0.15) is 0 Å². The number of hydrogen-bond donors (Lipinski definition) is 1. The molecule has 0 radical (unpaired) electrons. The molecule has 0 fully saturated rings. The first kappa shape index (κ1) is 13.7. The number of benzene rings is 1. The van der Waals surface area contributed by atoms with E-state index in [0.29, 0.717) is 19.6 Å². The predicted octanol–water partition coefficient (Wildman–Crippen LogP) is 2.29. The molecule has 0 amide bonds. The Balaban J connectivity index is 2.19. The lowest BCUT2D eigenvalue weighted by atomic mass is 10.1. The normalized spacial score (nSPS) is 10.2. The van der Waals surface area contributed by atoms with Crippen molar-refractivity contribution in [3.63, 3.8) is 0 Å². The first-order chi connectivity index (χ1) is 8.26. The second-order valence-electron chi connectivity index (χ2n) is 3.90. The van der Waals surface area contributed by atoms with Crippen LogP contribution in [-0.2, 0) is 22.5 Å². The largest absolute Gasteiger partial charge is 0.466 e. The Morgan fingerprint density at radius 2 is 1.82 bits per heavy atom. The zero-order valence-electron chi connectivity index (χ0n) is 10.7. The van der Waals surface area contributed by atoms with E-state index in [4.69, 9.17) is 4.74 Å². The van der Waals surface area contributed by atoms with Gasteiger partial charge in [-0.3, -0.25) is 4.79 Å². The van der Waals surface area contributed by atoms with Crippen LogP contribution in [0, 0.1) is 0 Å². The van der Waals surface area contributed by atoms with Crippen molar-refractivity contribution in [2.45, 2.75) is 33.2 Å². The molecule has 0 aliphatic rings. The summed E-state index contributed by atoms with van der Waals surface area (Å²) < 4.78 is 4.85. The summed E-state index contributed by atoms with van der Waals surface area (Å²) >= 11 is 0. The van der Waals surface area contributed by atoms with Crippen LogP contribution < -0.4 is 5.32 Å². The van der Waals surface area contributed by atoms with Gasteiger partial charge in [0.25, 0.3) is 0 Å². The SMILES string of the molecule is CCOC(=O)CCNCc1ccc(CC)cc1. The van der Waals surface area contributed by atoms with Crippen LogP contribution in [0.4, 0.5) is 0 Å². The maximum absolute atomic E-state index is 11.1. The standard InChI is InChI=1S/C14H21NO2/c1-3-12-5-7-13(8-6-12)11-15-10-9-14(16)17-4-2/h5-8,15H,3-4,9-11H2,1-2H3. The number of rotatable bonds is 7. The summed E-state index contributed by atoms with van der Waals surface area (Å²) in [6.07, 6.45) is 1.50. The van der Waals surface area contributed by atoms with Crippen molar-refractivity contribution in [1.29, 1.82) is 0 Å². The van der Waals surface area contributed by atoms with E-state index in [0.717, 1.165) is 13.0 Å². The molecular formula is C14H21NO2. The fourth-order valence-electron chi connectivity index (χ4n) is 1.55. The average molecular weight is 235 g/mol. The zero-order chi connectivity index (χ0) is 12.5. The molecule has 1 aromatic carbocycles. The third-order valence-electron chi connectivity index (χ3n) is 2.57. The Morgan fingerprint density at radius 1 is 1.18 bits per heavy atom. The molecule has 94 valence electrons. The van der Waals surface area contributed by atoms with E-state index < -0.39 is 0 Å². The van der Waals surface area contributed by atoms with E-state index in [-0.39, 0.29) is 5.97 Å². The Labute approximate surface area is 103 Å². The summed E-state index contributed by atoms with van der Waals surface area (Å²) in [5, 5.41) is 3.23. The topological polar surface area (TPSA) is 38.3 Å². The van der Waals surface area contributed by atoms with Gasteiger partial charge < -0.3 is 10.1 Å². The Kier molecular flexibility index (Phi) is 6.33. The minimum atomic E-state index is -0.138. The quantitative estimate of drug-likeness (QED) is 0.582. The molecule has 3 nitrogen and oxygen atoms in total. The highest BCUT2D eigenvalue weighted by atomic mass is 16.5. The lowest BCUT2D eigenvalue weighted by molar-refractivity contribution is -0.142. The van der Waals surface area contributed by atoms with Gasteiger partial charge in [-0.2, -0.15) is 0 Å². The lowest BCUT2D eigenvalue weighted by Gasteiger charge is -2.05. The van der Waals surface area contributed by atoms with E-state index in [1.54, 1.807) is 0 Å². The van der Waals surface area contributed by atoms with Crippen molar-refractivity contribution in [2.24, 2.45) is 0 Å². The van der Waals surface area contributed by atoms with Gasteiger partial charge in [-0.15, -0.1) is 0 Å². The van der Waals surface area contributed by atoms with Crippen LogP contribution in [0.1, 0.15) is 31.4 Å². The summed E-state index contributed by atoms with van der Waals surface area (Å²) in [5.41, 5.74) is 2.59. The molecule has 3 heteroatoms. The number of ether oxygens (including phenoxy) is 1. The van der Waals surface area contributed by atoms with Crippen LogP contribution >= 0.6 is 0 Å². The molecule has 0 bridgehead atoms. The molecule has 1 N–H and O–H groups in total. The fraction of sp³-hybridized carbons (Fsp3) is 0.500. The highest BCUT2D eigenvalue weighted by Crippen LogP contribution is 2.04. The second kappa shape index (κ2) is 7.85. The minimum absolute atomic E-state index is 0.138. The van der Waals surface area contributed by atoms with Gasteiger partial charge in [0.05, 0.1) is 13.0 Å². The third-order valence-corrected chi connectivity index (χ3v) is 2.57. The Hall–Kier alpha value is -1.35. The van der Waals surface area contributed by atoms with Crippen LogP contribution in [-0.4, -0.2) is 19.1 Å². The van der Waals surface area contributed by atoms with Gasteiger partial charge in [-0.05, 0) is 24.5 Å². The highest BCUT2D eigenvalue weighted by molar-refractivity contribution is 5.69. The van der Waals surface area contributed by atoms with Crippen molar-refractivity contribution < 1.29 is 9.53 Å². The molecule has 0 heterocycles. The summed E-state index contributed by atoms with van der Waals surface area (Å²) in [4.78, 5) is 11.1. The zero-order valence-corrected chi connectivity index (χ0v) is 10.7. The third kappa shape index (κ3) is 5.50. The Morgan fingerprint density at radius 3 is 2.41 bits per heavy atom. The molecule has 0 aliphatic heterocycles. The first-order valence-corrected chi connectivity index (χ1v) is 6.20. The fourth-order valence-corrected chi connectivity index (χ4v) is 1.55. The molecule has 0 spiro atoms. The van der Waals surface area contributed by atoms with Gasteiger partial charge in [0.15, 0.2) is 0 Å². The molecule has 1 aromatic rings. The maximum atomic E-state index is 11.1. The Bertz CT molecular complexity index is 333. The average Bonchev–Trinajstić information content (AvgIpc) is 2.36. The molecular weight excluding hydrogens is 214 g/mol. The monoisotopic (exact) mass is 235 g/mol. The lowest BCUT2D eigenvalue weighted by Crippen LogP contribution is -2.19. The minimum Gasteiger partial charge on any atom is -0.466 e. The number of nitrogens with one attached hydrogen (secondary N) is 1. The number of aryl methyl sites for hydroxylation is 1. The summed E-state index contributed by atoms with van der Waals surface area (Å²) in [6, 6.07) is 8.52. The highest BCUT2D eigenvalue weighted by Gasteiger charge is 2.00.